The van der Waals surface area contributed by atoms with Crippen molar-refractivity contribution >= 4 is 0 Å². The first-order valence-electron chi connectivity index (χ1n) is 3.92. The Morgan fingerprint density at radius 3 is 2.55 bits per heavy atom. The molecule has 1 fully saturated rings. The first-order chi connectivity index (χ1) is 5.21. The molecule has 0 saturated carbocycles. The maximum Gasteiger partial charge on any atom is 0.135 e. The van der Waals surface area contributed by atoms with Crippen molar-refractivity contribution in [3.8, 4) is 0 Å². The van der Waals surface area contributed by atoms with E-state index in [0.717, 1.165) is 24.5 Å². The van der Waals surface area contributed by atoms with Crippen molar-refractivity contribution in [1.82, 2.24) is 0 Å². The van der Waals surface area contributed by atoms with Crippen LogP contribution >= 0.6 is 0 Å². The van der Waals surface area contributed by atoms with Crippen molar-refractivity contribution in [2.45, 2.75) is 25.9 Å². The van der Waals surface area contributed by atoms with Crippen molar-refractivity contribution in [2.75, 3.05) is 6.61 Å². The smallest absolute Gasteiger partial charge is 0.135 e. The molecule has 0 N–H and O–H groups in total. The second kappa shape index (κ2) is 2.11. The van der Waals surface area contributed by atoms with Gasteiger partial charge in [0.05, 0.1) is 6.61 Å². The van der Waals surface area contributed by atoms with Crippen molar-refractivity contribution in [2.24, 2.45) is 0 Å². The number of aryl methyl sites for hydroxylation is 1. The largest absolute Gasteiger partial charge is 0.463 e. The molecular formula is C9H12O2. The van der Waals surface area contributed by atoms with Crippen LogP contribution in [0.25, 0.3) is 0 Å². The minimum absolute atomic E-state index is 0.131. The van der Waals surface area contributed by atoms with E-state index in [1.165, 1.54) is 0 Å². The number of rotatable bonds is 1. The molecular weight excluding hydrogens is 140 g/mol. The van der Waals surface area contributed by atoms with Crippen LogP contribution in [0, 0.1) is 6.92 Å². The fraction of sp³-hybridized carbons (Fsp3) is 0.556. The molecule has 2 heteroatoms. The third-order valence-electron chi connectivity index (χ3n) is 2.26. The summed E-state index contributed by atoms with van der Waals surface area (Å²) in [4.78, 5) is 0. The fourth-order valence-electron chi connectivity index (χ4n) is 1.32. The average Bonchev–Trinajstić information content (AvgIpc) is 2.31. The first kappa shape index (κ1) is 6.92. The van der Waals surface area contributed by atoms with Crippen LogP contribution < -0.4 is 0 Å². The Morgan fingerprint density at radius 1 is 1.45 bits per heavy atom. The summed E-state index contributed by atoms with van der Waals surface area (Å²) in [6, 6.07) is 3.97. The Balaban J connectivity index is 2.28. The molecule has 0 radical (unpaired) electrons. The molecule has 1 aromatic rings. The lowest BCUT2D eigenvalue weighted by atomic mass is 9.95. The Labute approximate surface area is 66.2 Å². The zero-order valence-electron chi connectivity index (χ0n) is 6.89. The van der Waals surface area contributed by atoms with E-state index in [9.17, 15) is 0 Å². The molecule has 1 aromatic heterocycles. The minimum Gasteiger partial charge on any atom is -0.463 e. The molecule has 0 amide bonds. The summed E-state index contributed by atoms with van der Waals surface area (Å²) >= 11 is 0. The van der Waals surface area contributed by atoms with E-state index in [-0.39, 0.29) is 5.60 Å². The summed E-state index contributed by atoms with van der Waals surface area (Å²) < 4.78 is 10.9. The predicted molar refractivity (Wildman–Crippen MR) is 41.4 cm³/mol. The van der Waals surface area contributed by atoms with Crippen LogP contribution in [0.15, 0.2) is 16.5 Å². The molecule has 1 saturated heterocycles. The molecule has 1 unspecified atom stereocenters. The molecule has 1 aliphatic rings. The fourth-order valence-corrected chi connectivity index (χ4v) is 1.32. The number of ether oxygens (including phenoxy) is 1. The van der Waals surface area contributed by atoms with Gasteiger partial charge in [-0.25, -0.2) is 0 Å². The van der Waals surface area contributed by atoms with Gasteiger partial charge in [-0.05, 0) is 26.0 Å². The van der Waals surface area contributed by atoms with Crippen LogP contribution in [0.4, 0.5) is 0 Å². The molecule has 0 aliphatic carbocycles. The van der Waals surface area contributed by atoms with Crippen LogP contribution in [-0.4, -0.2) is 6.61 Å². The number of hydrogen-bond acceptors (Lipinski definition) is 2. The summed E-state index contributed by atoms with van der Waals surface area (Å²) in [5.74, 6) is 1.91. The van der Waals surface area contributed by atoms with Gasteiger partial charge in [0, 0.05) is 6.42 Å². The van der Waals surface area contributed by atoms with Crippen LogP contribution in [0.5, 0.6) is 0 Å². The number of hydrogen-bond donors (Lipinski definition) is 0. The highest BCUT2D eigenvalue weighted by atomic mass is 16.5. The zero-order valence-corrected chi connectivity index (χ0v) is 6.89. The Kier molecular flexibility index (Phi) is 1.33. The first-order valence-corrected chi connectivity index (χ1v) is 3.92. The maximum atomic E-state index is 5.47. The normalized spacial score (nSPS) is 30.0. The lowest BCUT2D eigenvalue weighted by Gasteiger charge is -2.36. The monoisotopic (exact) mass is 152 g/mol. The van der Waals surface area contributed by atoms with Gasteiger partial charge < -0.3 is 9.15 Å². The second-order valence-corrected chi connectivity index (χ2v) is 3.24. The van der Waals surface area contributed by atoms with Gasteiger partial charge in [0.1, 0.15) is 17.1 Å². The van der Waals surface area contributed by atoms with E-state index in [2.05, 4.69) is 6.92 Å². The highest BCUT2D eigenvalue weighted by molar-refractivity contribution is 5.14. The summed E-state index contributed by atoms with van der Waals surface area (Å²) in [6.07, 6.45) is 1.07. The lowest BCUT2D eigenvalue weighted by Crippen LogP contribution is -2.37. The Morgan fingerprint density at radius 2 is 2.18 bits per heavy atom. The highest BCUT2D eigenvalue weighted by Gasteiger charge is 2.37. The third kappa shape index (κ3) is 0.979. The Hall–Kier alpha value is -0.760. The van der Waals surface area contributed by atoms with Gasteiger partial charge in [0.2, 0.25) is 0 Å². The van der Waals surface area contributed by atoms with Crippen LogP contribution in [-0.2, 0) is 10.3 Å². The van der Waals surface area contributed by atoms with Gasteiger partial charge in [-0.1, -0.05) is 0 Å². The van der Waals surface area contributed by atoms with E-state index in [4.69, 9.17) is 9.15 Å². The summed E-state index contributed by atoms with van der Waals surface area (Å²) in [5.41, 5.74) is -0.131. The molecule has 2 heterocycles. The standard InChI is InChI=1S/C9H12O2/c1-7-3-4-8(11-7)9(2)5-6-10-9/h3-4H,5-6H2,1-2H3. The summed E-state index contributed by atoms with van der Waals surface area (Å²) in [5, 5.41) is 0. The van der Waals surface area contributed by atoms with Crippen molar-refractivity contribution in [3.63, 3.8) is 0 Å². The van der Waals surface area contributed by atoms with Gasteiger partial charge in [0.25, 0.3) is 0 Å². The molecule has 0 spiro atoms. The average molecular weight is 152 g/mol. The van der Waals surface area contributed by atoms with Gasteiger partial charge in [0.15, 0.2) is 0 Å². The molecule has 2 rings (SSSR count). The van der Waals surface area contributed by atoms with Gasteiger partial charge in [-0.15, -0.1) is 0 Å². The topological polar surface area (TPSA) is 22.4 Å². The molecule has 60 valence electrons. The molecule has 2 nitrogen and oxygen atoms in total. The zero-order chi connectivity index (χ0) is 7.90. The molecule has 11 heavy (non-hydrogen) atoms. The quantitative estimate of drug-likeness (QED) is 0.615. The molecule has 0 bridgehead atoms. The lowest BCUT2D eigenvalue weighted by molar-refractivity contribution is -0.152. The summed E-state index contributed by atoms with van der Waals surface area (Å²) in [6.45, 7) is 4.87. The van der Waals surface area contributed by atoms with Crippen molar-refractivity contribution in [1.29, 1.82) is 0 Å². The Bertz CT molecular complexity index is 258. The second-order valence-electron chi connectivity index (χ2n) is 3.24. The molecule has 0 aromatic carbocycles. The van der Waals surface area contributed by atoms with E-state index >= 15 is 0 Å². The van der Waals surface area contributed by atoms with Crippen molar-refractivity contribution < 1.29 is 9.15 Å². The van der Waals surface area contributed by atoms with Crippen LogP contribution in [0.2, 0.25) is 0 Å². The molecule has 1 atom stereocenters. The van der Waals surface area contributed by atoms with Crippen LogP contribution in [0.1, 0.15) is 24.9 Å². The van der Waals surface area contributed by atoms with E-state index in [1.54, 1.807) is 0 Å². The highest BCUT2D eigenvalue weighted by Crippen LogP contribution is 2.37. The predicted octanol–water partition coefficient (Wildman–Crippen LogP) is 2.22. The third-order valence-corrected chi connectivity index (χ3v) is 2.26. The van der Waals surface area contributed by atoms with Gasteiger partial charge in [-0.2, -0.15) is 0 Å². The SMILES string of the molecule is Cc1ccc(C2(C)CCO2)o1. The number of furan rings is 1. The van der Waals surface area contributed by atoms with Gasteiger partial charge in [-0.3, -0.25) is 0 Å². The van der Waals surface area contributed by atoms with E-state index in [1.807, 2.05) is 19.1 Å². The van der Waals surface area contributed by atoms with E-state index in [0.29, 0.717) is 0 Å². The van der Waals surface area contributed by atoms with Crippen LogP contribution in [0.3, 0.4) is 0 Å². The van der Waals surface area contributed by atoms with Gasteiger partial charge >= 0.3 is 0 Å². The van der Waals surface area contributed by atoms with Crippen molar-refractivity contribution in [3.05, 3.63) is 23.7 Å². The van der Waals surface area contributed by atoms with E-state index < -0.39 is 0 Å². The summed E-state index contributed by atoms with van der Waals surface area (Å²) in [7, 11) is 0. The maximum absolute atomic E-state index is 5.47. The molecule has 1 aliphatic heterocycles. The minimum atomic E-state index is -0.131.